The number of ether oxygens (including phenoxy) is 1. The number of nitrogens with one attached hydrogen (secondary N) is 2. The number of amides is 1. The van der Waals surface area contributed by atoms with E-state index < -0.39 is 4.92 Å². The molecule has 2 aromatic rings. The van der Waals surface area contributed by atoms with Crippen molar-refractivity contribution in [2.75, 3.05) is 18.5 Å². The lowest BCUT2D eigenvalue weighted by Crippen LogP contribution is -2.31. The number of benzene rings is 1. The van der Waals surface area contributed by atoms with Gasteiger partial charge in [0, 0.05) is 30.8 Å². The third-order valence-corrected chi connectivity index (χ3v) is 4.46. The normalized spacial score (nSPS) is 16.1. The van der Waals surface area contributed by atoms with Crippen LogP contribution in [-0.2, 0) is 11.3 Å². The zero-order valence-corrected chi connectivity index (χ0v) is 15.1. The fraction of sp³-hybridized carbons (Fsp3) is 0.368. The van der Waals surface area contributed by atoms with Gasteiger partial charge < -0.3 is 15.4 Å². The topological polar surface area (TPSA) is 106 Å². The van der Waals surface area contributed by atoms with E-state index in [0.717, 1.165) is 25.0 Å². The van der Waals surface area contributed by atoms with Gasteiger partial charge in [0.2, 0.25) is 0 Å². The van der Waals surface area contributed by atoms with Gasteiger partial charge in [-0.05, 0) is 43.5 Å². The van der Waals surface area contributed by atoms with E-state index in [2.05, 4.69) is 15.6 Å². The van der Waals surface area contributed by atoms with Gasteiger partial charge in [-0.15, -0.1) is 0 Å². The number of carbonyl (C=O) groups is 1. The first kappa shape index (κ1) is 18.8. The molecular formula is C19H22N4O4. The maximum Gasteiger partial charge on any atom is 0.290 e. The van der Waals surface area contributed by atoms with Gasteiger partial charge >= 0.3 is 0 Å². The molecule has 0 spiro atoms. The van der Waals surface area contributed by atoms with E-state index in [1.54, 1.807) is 19.1 Å². The van der Waals surface area contributed by atoms with Gasteiger partial charge in [0.15, 0.2) is 0 Å². The highest BCUT2D eigenvalue weighted by Gasteiger charge is 2.17. The summed E-state index contributed by atoms with van der Waals surface area (Å²) in [6.07, 6.45) is 3.37. The maximum atomic E-state index is 12.3. The highest BCUT2D eigenvalue weighted by Crippen LogP contribution is 2.19. The highest BCUT2D eigenvalue weighted by molar-refractivity contribution is 5.94. The largest absolute Gasteiger partial charge is 0.376 e. The lowest BCUT2D eigenvalue weighted by molar-refractivity contribution is -0.385. The molecular weight excluding hydrogens is 348 g/mol. The Kier molecular flexibility index (Phi) is 5.97. The number of nitrogens with zero attached hydrogens (tertiary/aromatic N) is 2. The lowest BCUT2D eigenvalue weighted by Gasteiger charge is -2.12. The van der Waals surface area contributed by atoms with Crippen LogP contribution in [0.15, 0.2) is 36.5 Å². The van der Waals surface area contributed by atoms with Crippen LogP contribution in [0.2, 0.25) is 0 Å². The molecule has 142 valence electrons. The van der Waals surface area contributed by atoms with Crippen molar-refractivity contribution >= 4 is 17.4 Å². The Morgan fingerprint density at radius 2 is 2.26 bits per heavy atom. The standard InChI is InChI=1S/C19H22N4O4/c1-13-8-18(21-12-17(13)23(25)26)20-10-14-4-2-5-15(9-14)19(24)22-11-16-6-3-7-27-16/h2,4-5,8-9,12,16H,3,6-7,10-11H2,1H3,(H,20,21)(H,22,24). The van der Waals surface area contributed by atoms with Crippen LogP contribution >= 0.6 is 0 Å². The number of nitro groups is 1. The number of carbonyl (C=O) groups excluding carboxylic acids is 1. The predicted octanol–water partition coefficient (Wildman–Crippen LogP) is 2.82. The molecule has 0 radical (unpaired) electrons. The first-order valence-electron chi connectivity index (χ1n) is 8.86. The summed E-state index contributed by atoms with van der Waals surface area (Å²) in [6, 6.07) is 8.95. The van der Waals surface area contributed by atoms with Crippen molar-refractivity contribution in [2.24, 2.45) is 0 Å². The van der Waals surface area contributed by atoms with Crippen LogP contribution in [0.5, 0.6) is 0 Å². The number of aromatic nitrogens is 1. The van der Waals surface area contributed by atoms with E-state index >= 15 is 0 Å². The highest BCUT2D eigenvalue weighted by atomic mass is 16.6. The monoisotopic (exact) mass is 370 g/mol. The van der Waals surface area contributed by atoms with E-state index in [-0.39, 0.29) is 17.7 Å². The molecule has 0 bridgehead atoms. The van der Waals surface area contributed by atoms with Crippen LogP contribution in [0.3, 0.4) is 0 Å². The lowest BCUT2D eigenvalue weighted by atomic mass is 10.1. The molecule has 1 aromatic heterocycles. The Balaban J connectivity index is 1.57. The molecule has 3 rings (SSSR count). The van der Waals surface area contributed by atoms with Gasteiger partial charge in [-0.1, -0.05) is 12.1 Å². The summed E-state index contributed by atoms with van der Waals surface area (Å²) in [5.74, 6) is 0.419. The molecule has 1 aliphatic heterocycles. The summed E-state index contributed by atoms with van der Waals surface area (Å²) in [7, 11) is 0. The SMILES string of the molecule is Cc1cc(NCc2cccc(C(=O)NCC3CCCO3)c2)ncc1[N+](=O)[O-]. The molecule has 1 atom stereocenters. The number of pyridine rings is 1. The third-order valence-electron chi connectivity index (χ3n) is 4.46. The van der Waals surface area contributed by atoms with Crippen molar-refractivity contribution < 1.29 is 14.5 Å². The summed E-state index contributed by atoms with van der Waals surface area (Å²) >= 11 is 0. The van der Waals surface area contributed by atoms with E-state index in [9.17, 15) is 14.9 Å². The summed E-state index contributed by atoms with van der Waals surface area (Å²) < 4.78 is 5.51. The Morgan fingerprint density at radius 1 is 1.41 bits per heavy atom. The fourth-order valence-corrected chi connectivity index (χ4v) is 2.97. The van der Waals surface area contributed by atoms with Gasteiger partial charge in [-0.25, -0.2) is 4.98 Å². The van der Waals surface area contributed by atoms with Gasteiger partial charge in [0.25, 0.3) is 11.6 Å². The Hall–Kier alpha value is -3.00. The van der Waals surface area contributed by atoms with Gasteiger partial charge in [0.05, 0.1) is 11.0 Å². The molecule has 27 heavy (non-hydrogen) atoms. The molecule has 1 fully saturated rings. The minimum absolute atomic E-state index is 0.00883. The van der Waals surface area contributed by atoms with Crippen LogP contribution in [0, 0.1) is 17.0 Å². The zero-order chi connectivity index (χ0) is 19.2. The molecule has 0 saturated carbocycles. The quantitative estimate of drug-likeness (QED) is 0.573. The summed E-state index contributed by atoms with van der Waals surface area (Å²) in [5.41, 5.74) is 2.03. The van der Waals surface area contributed by atoms with Crippen LogP contribution in [-0.4, -0.2) is 35.1 Å². The summed E-state index contributed by atoms with van der Waals surface area (Å²) in [5, 5.41) is 16.9. The molecule has 1 saturated heterocycles. The molecule has 1 aromatic carbocycles. The second kappa shape index (κ2) is 8.59. The van der Waals surface area contributed by atoms with Crippen molar-refractivity contribution in [1.82, 2.24) is 10.3 Å². The van der Waals surface area contributed by atoms with E-state index in [4.69, 9.17) is 4.74 Å². The minimum atomic E-state index is -0.454. The maximum absolute atomic E-state index is 12.3. The van der Waals surface area contributed by atoms with Gasteiger partial charge in [-0.3, -0.25) is 14.9 Å². The number of hydrogen-bond acceptors (Lipinski definition) is 6. The molecule has 1 unspecified atom stereocenters. The molecule has 1 aliphatic rings. The smallest absolute Gasteiger partial charge is 0.290 e. The van der Waals surface area contributed by atoms with E-state index in [1.807, 2.05) is 18.2 Å². The Morgan fingerprint density at radius 3 is 2.96 bits per heavy atom. The van der Waals surface area contributed by atoms with Gasteiger partial charge in [0.1, 0.15) is 12.0 Å². The second-order valence-corrected chi connectivity index (χ2v) is 6.51. The number of rotatable bonds is 7. The van der Waals surface area contributed by atoms with Crippen LogP contribution < -0.4 is 10.6 Å². The molecule has 8 heteroatoms. The Labute approximate surface area is 157 Å². The average Bonchev–Trinajstić information content (AvgIpc) is 3.18. The van der Waals surface area contributed by atoms with Crippen LogP contribution in [0.4, 0.5) is 11.5 Å². The molecule has 0 aliphatic carbocycles. The van der Waals surface area contributed by atoms with Crippen molar-refractivity contribution in [3.05, 3.63) is 63.3 Å². The molecule has 8 nitrogen and oxygen atoms in total. The van der Waals surface area contributed by atoms with E-state index in [0.29, 0.717) is 30.0 Å². The number of hydrogen-bond donors (Lipinski definition) is 2. The first-order valence-corrected chi connectivity index (χ1v) is 8.86. The summed E-state index contributed by atoms with van der Waals surface area (Å²) in [4.78, 5) is 26.8. The molecule has 2 heterocycles. The third kappa shape index (κ3) is 5.01. The number of aryl methyl sites for hydroxylation is 1. The number of anilines is 1. The minimum Gasteiger partial charge on any atom is -0.376 e. The van der Waals surface area contributed by atoms with Gasteiger partial charge in [-0.2, -0.15) is 0 Å². The van der Waals surface area contributed by atoms with Crippen LogP contribution in [0.25, 0.3) is 0 Å². The van der Waals surface area contributed by atoms with Crippen molar-refractivity contribution in [1.29, 1.82) is 0 Å². The second-order valence-electron chi connectivity index (χ2n) is 6.51. The van der Waals surface area contributed by atoms with Crippen molar-refractivity contribution in [3.63, 3.8) is 0 Å². The summed E-state index contributed by atoms with van der Waals surface area (Å²) in [6.45, 7) is 3.41. The predicted molar refractivity (Wildman–Crippen MR) is 101 cm³/mol. The van der Waals surface area contributed by atoms with Crippen molar-refractivity contribution in [2.45, 2.75) is 32.4 Å². The van der Waals surface area contributed by atoms with E-state index in [1.165, 1.54) is 6.20 Å². The van der Waals surface area contributed by atoms with Crippen LogP contribution in [0.1, 0.15) is 34.3 Å². The van der Waals surface area contributed by atoms with Crippen molar-refractivity contribution in [3.8, 4) is 0 Å². The zero-order valence-electron chi connectivity index (χ0n) is 15.1. The fourth-order valence-electron chi connectivity index (χ4n) is 2.97. The first-order chi connectivity index (χ1) is 13.0. The molecule has 2 N–H and O–H groups in total. The Bertz CT molecular complexity index is 834. The average molecular weight is 370 g/mol. The molecule has 1 amide bonds.